The fourth-order valence-electron chi connectivity index (χ4n) is 2.30. The summed E-state index contributed by atoms with van der Waals surface area (Å²) in [6, 6.07) is 9.34. The van der Waals surface area contributed by atoms with E-state index in [9.17, 15) is 9.59 Å². The van der Waals surface area contributed by atoms with Crippen molar-refractivity contribution in [1.82, 2.24) is 30.6 Å². The molecule has 10 nitrogen and oxygen atoms in total. The van der Waals surface area contributed by atoms with E-state index in [1.165, 1.54) is 18.0 Å². The van der Waals surface area contributed by atoms with Crippen molar-refractivity contribution in [3.05, 3.63) is 48.0 Å². The van der Waals surface area contributed by atoms with Crippen molar-refractivity contribution < 1.29 is 18.8 Å². The maximum absolute atomic E-state index is 12.1. The summed E-state index contributed by atoms with van der Waals surface area (Å²) in [6.07, 6.45) is 1.51. The first kappa shape index (κ1) is 18.1. The molecule has 0 saturated heterocycles. The number of amides is 2. The van der Waals surface area contributed by atoms with Crippen molar-refractivity contribution in [2.24, 2.45) is 7.05 Å². The number of carbonyl (C=O) groups is 2. The molecule has 2 heterocycles. The molecule has 0 bridgehead atoms. The zero-order chi connectivity index (χ0) is 19.2. The lowest BCUT2D eigenvalue weighted by molar-refractivity contribution is -0.120. The van der Waals surface area contributed by atoms with Gasteiger partial charge in [0.25, 0.3) is 5.91 Å². The zero-order valence-corrected chi connectivity index (χ0v) is 14.8. The third-order valence-electron chi connectivity index (χ3n) is 3.58. The van der Waals surface area contributed by atoms with E-state index in [1.807, 2.05) is 30.3 Å². The molecule has 0 fully saturated rings. The highest BCUT2D eigenvalue weighted by Crippen LogP contribution is 2.15. The summed E-state index contributed by atoms with van der Waals surface area (Å²) >= 11 is 0. The van der Waals surface area contributed by atoms with Gasteiger partial charge in [0.05, 0.1) is 20.2 Å². The van der Waals surface area contributed by atoms with Crippen LogP contribution in [-0.2, 0) is 18.4 Å². The van der Waals surface area contributed by atoms with E-state index in [4.69, 9.17) is 9.26 Å². The van der Waals surface area contributed by atoms with E-state index < -0.39 is 11.8 Å². The maximum Gasteiger partial charge on any atom is 0.258 e. The van der Waals surface area contributed by atoms with Crippen molar-refractivity contribution in [1.29, 1.82) is 0 Å². The molecule has 0 spiro atoms. The Kier molecular flexibility index (Phi) is 5.45. The number of nitrogens with one attached hydrogen (secondary N) is 2. The Morgan fingerprint density at radius 1 is 1.22 bits per heavy atom. The van der Waals surface area contributed by atoms with Crippen LogP contribution in [-0.4, -0.2) is 45.4 Å². The Labute approximate surface area is 154 Å². The number of aromatic nitrogens is 4. The molecule has 27 heavy (non-hydrogen) atoms. The van der Waals surface area contributed by atoms with Gasteiger partial charge in [-0.2, -0.15) is 4.98 Å². The molecule has 3 rings (SSSR count). The van der Waals surface area contributed by atoms with Gasteiger partial charge in [-0.3, -0.25) is 14.3 Å². The monoisotopic (exact) mass is 370 g/mol. The first-order valence-corrected chi connectivity index (χ1v) is 8.07. The van der Waals surface area contributed by atoms with Crippen LogP contribution in [0.25, 0.3) is 11.4 Å². The van der Waals surface area contributed by atoms with Crippen molar-refractivity contribution in [3.8, 4) is 17.3 Å². The highest BCUT2D eigenvalue weighted by Gasteiger charge is 2.17. The second kappa shape index (κ2) is 8.13. The Hall–Kier alpha value is -3.69. The third-order valence-corrected chi connectivity index (χ3v) is 3.58. The van der Waals surface area contributed by atoms with Gasteiger partial charge in [-0.05, 0) is 0 Å². The number of hydrogen-bond acceptors (Lipinski definition) is 7. The first-order chi connectivity index (χ1) is 13.1. The van der Waals surface area contributed by atoms with Crippen LogP contribution in [0, 0.1) is 0 Å². The van der Waals surface area contributed by atoms with Gasteiger partial charge in [0.1, 0.15) is 5.56 Å². The molecule has 0 aliphatic rings. The molecule has 0 atom stereocenters. The van der Waals surface area contributed by atoms with Crippen molar-refractivity contribution in [2.75, 3.05) is 13.7 Å². The molecule has 1 aromatic carbocycles. The van der Waals surface area contributed by atoms with Gasteiger partial charge in [0, 0.05) is 18.8 Å². The van der Waals surface area contributed by atoms with Gasteiger partial charge in [-0.15, -0.1) is 5.10 Å². The predicted molar refractivity (Wildman–Crippen MR) is 93.7 cm³/mol. The van der Waals surface area contributed by atoms with E-state index in [0.717, 1.165) is 5.56 Å². The average molecular weight is 370 g/mol. The second-order valence-electron chi connectivity index (χ2n) is 5.56. The molecule has 3 aromatic rings. The number of nitrogens with zero attached hydrogens (tertiary/aromatic N) is 4. The molecule has 0 saturated carbocycles. The Morgan fingerprint density at radius 3 is 2.74 bits per heavy atom. The van der Waals surface area contributed by atoms with Crippen molar-refractivity contribution >= 4 is 11.8 Å². The van der Waals surface area contributed by atoms with Gasteiger partial charge in [0.2, 0.25) is 23.5 Å². The highest BCUT2D eigenvalue weighted by atomic mass is 16.5. The number of carbonyl (C=O) groups excluding carboxylic acids is 2. The van der Waals surface area contributed by atoms with Gasteiger partial charge in [0.15, 0.2) is 0 Å². The van der Waals surface area contributed by atoms with Gasteiger partial charge in [-0.1, -0.05) is 35.5 Å². The van der Waals surface area contributed by atoms with Gasteiger partial charge >= 0.3 is 0 Å². The average Bonchev–Trinajstić information content (AvgIpc) is 3.31. The fourth-order valence-corrected chi connectivity index (χ4v) is 2.30. The SMILES string of the molecule is COc1nn(C)cc1C(=O)NCC(=O)NCc1nc(-c2ccccc2)no1. The fraction of sp³-hybridized carbons (Fsp3) is 0.235. The number of methoxy groups -OCH3 is 1. The van der Waals surface area contributed by atoms with Crippen LogP contribution in [0.3, 0.4) is 0 Å². The quantitative estimate of drug-likeness (QED) is 0.621. The smallest absolute Gasteiger partial charge is 0.258 e. The van der Waals surface area contributed by atoms with Crippen molar-refractivity contribution in [3.63, 3.8) is 0 Å². The van der Waals surface area contributed by atoms with Crippen molar-refractivity contribution in [2.45, 2.75) is 6.54 Å². The first-order valence-electron chi connectivity index (χ1n) is 8.07. The molecule has 0 aliphatic carbocycles. The lowest BCUT2D eigenvalue weighted by atomic mass is 10.2. The van der Waals surface area contributed by atoms with Crippen LogP contribution in [0.4, 0.5) is 0 Å². The minimum absolute atomic E-state index is 0.0603. The molecular formula is C17H18N6O4. The molecule has 140 valence electrons. The minimum Gasteiger partial charge on any atom is -0.479 e. The molecular weight excluding hydrogens is 352 g/mol. The Morgan fingerprint density at radius 2 is 2.00 bits per heavy atom. The van der Waals surface area contributed by atoms with Crippen LogP contribution < -0.4 is 15.4 Å². The summed E-state index contributed by atoms with van der Waals surface area (Å²) in [7, 11) is 3.08. The molecule has 0 radical (unpaired) electrons. The second-order valence-corrected chi connectivity index (χ2v) is 5.56. The summed E-state index contributed by atoms with van der Waals surface area (Å²) in [6.45, 7) is -0.151. The topological polar surface area (TPSA) is 124 Å². The lowest BCUT2D eigenvalue weighted by Gasteiger charge is -2.05. The predicted octanol–water partition coefficient (Wildman–Crippen LogP) is 0.525. The summed E-state index contributed by atoms with van der Waals surface area (Å²) in [5.74, 6) is 0.0407. The number of benzene rings is 1. The molecule has 2 amide bonds. The van der Waals surface area contributed by atoms with Gasteiger partial charge < -0.3 is 19.9 Å². The lowest BCUT2D eigenvalue weighted by Crippen LogP contribution is -2.36. The maximum atomic E-state index is 12.1. The number of hydrogen-bond donors (Lipinski definition) is 2. The largest absolute Gasteiger partial charge is 0.479 e. The zero-order valence-electron chi connectivity index (χ0n) is 14.8. The van der Waals surface area contributed by atoms with E-state index >= 15 is 0 Å². The minimum atomic E-state index is -0.459. The summed E-state index contributed by atoms with van der Waals surface area (Å²) in [5.41, 5.74) is 1.06. The molecule has 2 aromatic heterocycles. The summed E-state index contributed by atoms with van der Waals surface area (Å²) in [4.78, 5) is 28.2. The Bertz CT molecular complexity index is 934. The normalized spacial score (nSPS) is 10.4. The van der Waals surface area contributed by atoms with E-state index in [-0.39, 0.29) is 30.4 Å². The van der Waals surface area contributed by atoms with E-state index in [1.54, 1.807) is 7.05 Å². The van der Waals surface area contributed by atoms with Crippen LogP contribution in [0.2, 0.25) is 0 Å². The molecule has 0 unspecified atom stereocenters. The third kappa shape index (κ3) is 4.48. The van der Waals surface area contributed by atoms with E-state index in [0.29, 0.717) is 5.82 Å². The number of aryl methyl sites for hydroxylation is 1. The molecule has 0 aliphatic heterocycles. The highest BCUT2D eigenvalue weighted by molar-refractivity contribution is 5.98. The van der Waals surface area contributed by atoms with Gasteiger partial charge in [-0.25, -0.2) is 0 Å². The standard InChI is InChI=1S/C17H18N6O4/c1-23-10-12(17(21-23)26-2)16(25)19-8-13(24)18-9-14-20-15(22-27-14)11-6-4-3-5-7-11/h3-7,10H,8-9H2,1-2H3,(H,18,24)(H,19,25). The number of ether oxygens (including phenoxy) is 1. The molecule has 2 N–H and O–H groups in total. The van der Waals surface area contributed by atoms with Crippen LogP contribution >= 0.6 is 0 Å². The van der Waals surface area contributed by atoms with Crippen LogP contribution in [0.1, 0.15) is 16.2 Å². The summed E-state index contributed by atoms with van der Waals surface area (Å²) < 4.78 is 11.6. The number of rotatable bonds is 7. The van der Waals surface area contributed by atoms with Crippen LogP contribution in [0.15, 0.2) is 41.1 Å². The van der Waals surface area contributed by atoms with E-state index in [2.05, 4.69) is 25.9 Å². The van der Waals surface area contributed by atoms with Crippen LogP contribution in [0.5, 0.6) is 5.88 Å². The Balaban J connectivity index is 1.49. The molecule has 10 heteroatoms. The summed E-state index contributed by atoms with van der Waals surface area (Å²) in [5, 5.41) is 13.0.